The van der Waals surface area contributed by atoms with E-state index in [-0.39, 0.29) is 12.1 Å². The van der Waals surface area contributed by atoms with Crippen LogP contribution in [0.1, 0.15) is 36.1 Å². The van der Waals surface area contributed by atoms with E-state index in [4.69, 9.17) is 4.74 Å². The van der Waals surface area contributed by atoms with Crippen LogP contribution in [-0.4, -0.2) is 44.3 Å². The number of benzene rings is 1. The van der Waals surface area contributed by atoms with E-state index >= 15 is 0 Å². The van der Waals surface area contributed by atoms with Crippen LogP contribution in [-0.2, 0) is 4.74 Å². The smallest absolute Gasteiger partial charge is 0.0896 e. The SMILES string of the molecule is CCCNC(c1cccc(C)c1C)C1CN(C)CCO1. The molecule has 0 aromatic heterocycles. The number of hydrogen-bond donors (Lipinski definition) is 1. The number of rotatable bonds is 5. The monoisotopic (exact) mass is 276 g/mol. The van der Waals surface area contributed by atoms with Crippen molar-refractivity contribution in [2.24, 2.45) is 0 Å². The van der Waals surface area contributed by atoms with Gasteiger partial charge in [0.05, 0.1) is 18.8 Å². The van der Waals surface area contributed by atoms with E-state index in [1.165, 1.54) is 16.7 Å². The molecule has 20 heavy (non-hydrogen) atoms. The van der Waals surface area contributed by atoms with Crippen LogP contribution < -0.4 is 5.32 Å². The summed E-state index contributed by atoms with van der Waals surface area (Å²) in [5.41, 5.74) is 4.13. The van der Waals surface area contributed by atoms with Gasteiger partial charge in [0.2, 0.25) is 0 Å². The molecule has 1 aromatic carbocycles. The summed E-state index contributed by atoms with van der Waals surface area (Å²) < 4.78 is 6.05. The van der Waals surface area contributed by atoms with E-state index in [9.17, 15) is 0 Å². The third-order valence-corrected chi connectivity index (χ3v) is 4.26. The minimum atomic E-state index is 0.237. The molecule has 112 valence electrons. The fourth-order valence-electron chi connectivity index (χ4n) is 2.86. The molecule has 0 saturated carbocycles. The highest BCUT2D eigenvalue weighted by atomic mass is 16.5. The molecular weight excluding hydrogens is 248 g/mol. The van der Waals surface area contributed by atoms with E-state index in [1.54, 1.807) is 0 Å². The first-order valence-electron chi connectivity index (χ1n) is 7.73. The zero-order valence-corrected chi connectivity index (χ0v) is 13.3. The van der Waals surface area contributed by atoms with E-state index in [0.717, 1.165) is 32.7 Å². The van der Waals surface area contributed by atoms with Gasteiger partial charge in [0, 0.05) is 13.1 Å². The minimum absolute atomic E-state index is 0.237. The summed E-state index contributed by atoms with van der Waals surface area (Å²) in [5, 5.41) is 3.69. The summed E-state index contributed by atoms with van der Waals surface area (Å²) in [5.74, 6) is 0. The Morgan fingerprint density at radius 3 is 2.90 bits per heavy atom. The Morgan fingerprint density at radius 1 is 1.40 bits per heavy atom. The third kappa shape index (κ3) is 3.60. The summed E-state index contributed by atoms with van der Waals surface area (Å²) in [6, 6.07) is 6.87. The van der Waals surface area contributed by atoms with Crippen LogP contribution in [0.25, 0.3) is 0 Å². The Kier molecular flexibility index (Phi) is 5.58. The zero-order chi connectivity index (χ0) is 14.5. The van der Waals surface area contributed by atoms with Crippen molar-refractivity contribution in [3.05, 3.63) is 34.9 Å². The van der Waals surface area contributed by atoms with E-state index < -0.39 is 0 Å². The molecule has 1 fully saturated rings. The van der Waals surface area contributed by atoms with Crippen molar-refractivity contribution in [1.29, 1.82) is 0 Å². The molecule has 1 N–H and O–H groups in total. The first-order valence-corrected chi connectivity index (χ1v) is 7.73. The standard InChI is InChI=1S/C17H28N2O/c1-5-9-18-17(16-12-19(4)10-11-20-16)15-8-6-7-13(2)14(15)3/h6-8,16-18H,5,9-12H2,1-4H3. The molecule has 1 heterocycles. The number of ether oxygens (including phenoxy) is 1. The van der Waals surface area contributed by atoms with E-state index in [0.29, 0.717) is 0 Å². The first-order chi connectivity index (χ1) is 9.63. The minimum Gasteiger partial charge on any atom is -0.374 e. The summed E-state index contributed by atoms with van der Waals surface area (Å²) >= 11 is 0. The highest BCUT2D eigenvalue weighted by Gasteiger charge is 2.28. The summed E-state index contributed by atoms with van der Waals surface area (Å²) in [7, 11) is 2.18. The number of morpholine rings is 1. The molecule has 1 aromatic rings. The highest BCUT2D eigenvalue weighted by Crippen LogP contribution is 2.26. The van der Waals surface area contributed by atoms with Gasteiger partial charge in [-0.2, -0.15) is 0 Å². The molecule has 1 aliphatic heterocycles. The lowest BCUT2D eigenvalue weighted by Gasteiger charge is -2.36. The lowest BCUT2D eigenvalue weighted by molar-refractivity contribution is -0.0393. The molecule has 1 aliphatic rings. The lowest BCUT2D eigenvalue weighted by Crippen LogP contribution is -2.47. The van der Waals surface area contributed by atoms with Gasteiger partial charge in [0.25, 0.3) is 0 Å². The second kappa shape index (κ2) is 7.21. The Balaban J connectivity index is 2.24. The average Bonchev–Trinajstić information content (AvgIpc) is 2.44. The van der Waals surface area contributed by atoms with Crippen molar-refractivity contribution in [1.82, 2.24) is 10.2 Å². The van der Waals surface area contributed by atoms with Gasteiger partial charge < -0.3 is 15.0 Å². The number of nitrogens with zero attached hydrogens (tertiary/aromatic N) is 1. The lowest BCUT2D eigenvalue weighted by atomic mass is 9.93. The average molecular weight is 276 g/mol. The van der Waals surface area contributed by atoms with Crippen molar-refractivity contribution in [2.75, 3.05) is 33.3 Å². The number of nitrogens with one attached hydrogen (secondary N) is 1. The van der Waals surface area contributed by atoms with Gasteiger partial charge in [-0.05, 0) is 50.6 Å². The molecule has 2 atom stereocenters. The van der Waals surface area contributed by atoms with Crippen molar-refractivity contribution < 1.29 is 4.74 Å². The molecule has 3 nitrogen and oxygen atoms in total. The molecular formula is C17H28N2O. The molecule has 3 heteroatoms. The molecule has 1 saturated heterocycles. The Bertz CT molecular complexity index is 433. The molecule has 0 aliphatic carbocycles. The molecule has 0 amide bonds. The van der Waals surface area contributed by atoms with Gasteiger partial charge in [0.1, 0.15) is 0 Å². The molecule has 2 rings (SSSR count). The summed E-state index contributed by atoms with van der Waals surface area (Å²) in [4.78, 5) is 2.36. The second-order valence-corrected chi connectivity index (χ2v) is 5.89. The molecule has 0 bridgehead atoms. The van der Waals surface area contributed by atoms with Crippen molar-refractivity contribution >= 4 is 0 Å². The third-order valence-electron chi connectivity index (χ3n) is 4.26. The molecule has 2 unspecified atom stereocenters. The van der Waals surface area contributed by atoms with Gasteiger partial charge in [0.15, 0.2) is 0 Å². The number of hydrogen-bond acceptors (Lipinski definition) is 3. The maximum absolute atomic E-state index is 6.05. The maximum Gasteiger partial charge on any atom is 0.0896 e. The molecule has 0 radical (unpaired) electrons. The van der Waals surface area contributed by atoms with Crippen LogP contribution in [0.4, 0.5) is 0 Å². The summed E-state index contributed by atoms with van der Waals surface area (Å²) in [6.45, 7) is 10.5. The van der Waals surface area contributed by atoms with Crippen LogP contribution in [0.3, 0.4) is 0 Å². The van der Waals surface area contributed by atoms with Crippen molar-refractivity contribution in [3.8, 4) is 0 Å². The topological polar surface area (TPSA) is 24.5 Å². The van der Waals surface area contributed by atoms with E-state index in [2.05, 4.69) is 56.2 Å². The quantitative estimate of drug-likeness (QED) is 0.895. The number of likely N-dealkylation sites (N-methyl/N-ethyl adjacent to an activating group) is 1. The Hall–Kier alpha value is -0.900. The predicted molar refractivity (Wildman–Crippen MR) is 84.2 cm³/mol. The van der Waals surface area contributed by atoms with Crippen LogP contribution in [0, 0.1) is 13.8 Å². The zero-order valence-electron chi connectivity index (χ0n) is 13.3. The Morgan fingerprint density at radius 2 is 2.20 bits per heavy atom. The normalized spacial score (nSPS) is 21.9. The van der Waals surface area contributed by atoms with Gasteiger partial charge >= 0.3 is 0 Å². The van der Waals surface area contributed by atoms with Crippen LogP contribution in [0.15, 0.2) is 18.2 Å². The van der Waals surface area contributed by atoms with Crippen LogP contribution in [0.2, 0.25) is 0 Å². The van der Waals surface area contributed by atoms with Crippen molar-refractivity contribution in [2.45, 2.75) is 39.3 Å². The second-order valence-electron chi connectivity index (χ2n) is 5.89. The summed E-state index contributed by atoms with van der Waals surface area (Å²) in [6.07, 6.45) is 1.38. The van der Waals surface area contributed by atoms with Crippen LogP contribution >= 0.6 is 0 Å². The van der Waals surface area contributed by atoms with Gasteiger partial charge in [-0.3, -0.25) is 0 Å². The highest BCUT2D eigenvalue weighted by molar-refractivity contribution is 5.36. The van der Waals surface area contributed by atoms with E-state index in [1.807, 2.05) is 0 Å². The largest absolute Gasteiger partial charge is 0.374 e. The first kappa shape index (κ1) is 15.5. The molecule has 0 spiro atoms. The fraction of sp³-hybridized carbons (Fsp3) is 0.647. The maximum atomic E-state index is 6.05. The number of aryl methyl sites for hydroxylation is 1. The Labute approximate surface area is 123 Å². The van der Waals surface area contributed by atoms with Gasteiger partial charge in [-0.1, -0.05) is 25.1 Å². The predicted octanol–water partition coefficient (Wildman–Crippen LogP) is 2.67. The van der Waals surface area contributed by atoms with Crippen LogP contribution in [0.5, 0.6) is 0 Å². The van der Waals surface area contributed by atoms with Gasteiger partial charge in [-0.15, -0.1) is 0 Å². The van der Waals surface area contributed by atoms with Crippen molar-refractivity contribution in [3.63, 3.8) is 0 Å². The van der Waals surface area contributed by atoms with Gasteiger partial charge in [-0.25, -0.2) is 0 Å². The fourth-order valence-corrected chi connectivity index (χ4v) is 2.86.